The molecule has 2 aliphatic heterocycles. The summed E-state index contributed by atoms with van der Waals surface area (Å²) in [6, 6.07) is 7.20. The minimum atomic E-state index is 0.391. The first-order valence-electron chi connectivity index (χ1n) is 8.51. The smallest absolute Gasteiger partial charge is 0.0594 e. The Labute approximate surface area is 134 Å². The van der Waals surface area contributed by atoms with E-state index in [1.165, 1.54) is 16.7 Å². The molecule has 0 spiro atoms. The second kappa shape index (κ2) is 7.09. The maximum atomic E-state index is 6.08. The molecule has 1 aromatic carbocycles. The molecule has 2 unspecified atom stereocenters. The largest absolute Gasteiger partial charge is 0.379 e. The predicted octanol–water partition coefficient (Wildman–Crippen LogP) is 1.78. The first kappa shape index (κ1) is 15.9. The number of hydrogen-bond acceptors (Lipinski definition) is 4. The lowest BCUT2D eigenvalue weighted by atomic mass is 10.0. The van der Waals surface area contributed by atoms with Crippen LogP contribution in [0.15, 0.2) is 18.2 Å². The number of morpholine rings is 1. The van der Waals surface area contributed by atoms with Crippen LogP contribution in [0.2, 0.25) is 0 Å². The number of rotatable bonds is 5. The second-order valence-electron chi connectivity index (χ2n) is 6.90. The van der Waals surface area contributed by atoms with Crippen molar-refractivity contribution in [1.29, 1.82) is 0 Å². The van der Waals surface area contributed by atoms with Crippen LogP contribution in [0.5, 0.6) is 0 Å². The molecular weight excluding hydrogens is 274 g/mol. The molecule has 3 rings (SSSR count). The molecule has 0 saturated carbocycles. The molecule has 2 N–H and O–H groups in total. The fourth-order valence-corrected chi connectivity index (χ4v) is 3.84. The summed E-state index contributed by atoms with van der Waals surface area (Å²) in [4.78, 5) is 5.09. The lowest BCUT2D eigenvalue weighted by molar-refractivity contribution is 0.0279. The Bertz CT molecular complexity index is 499. The van der Waals surface area contributed by atoms with Gasteiger partial charge in [0.25, 0.3) is 0 Å². The van der Waals surface area contributed by atoms with Crippen LogP contribution in [0.25, 0.3) is 0 Å². The molecule has 2 atom stereocenters. The lowest BCUT2D eigenvalue weighted by Crippen LogP contribution is -2.41. The normalized spacial score (nSPS) is 24.4. The molecule has 0 radical (unpaired) electrons. The number of aryl methyl sites for hydroxylation is 1. The summed E-state index contributed by atoms with van der Waals surface area (Å²) in [5.41, 5.74) is 10.3. The Morgan fingerprint density at radius 1 is 1.27 bits per heavy atom. The van der Waals surface area contributed by atoms with Crippen LogP contribution in [0.1, 0.15) is 29.7 Å². The molecule has 22 heavy (non-hydrogen) atoms. The van der Waals surface area contributed by atoms with E-state index < -0.39 is 0 Å². The molecule has 4 nitrogen and oxygen atoms in total. The molecule has 0 bridgehead atoms. The minimum Gasteiger partial charge on any atom is -0.379 e. The fourth-order valence-electron chi connectivity index (χ4n) is 3.84. The summed E-state index contributed by atoms with van der Waals surface area (Å²) in [5, 5.41) is 0. The van der Waals surface area contributed by atoms with Crippen molar-refractivity contribution < 1.29 is 4.74 Å². The molecule has 1 fully saturated rings. The van der Waals surface area contributed by atoms with Crippen molar-refractivity contribution >= 4 is 0 Å². The number of nitrogens with two attached hydrogens (primary N) is 1. The summed E-state index contributed by atoms with van der Waals surface area (Å²) in [7, 11) is 0. The Hall–Kier alpha value is -0.940. The predicted molar refractivity (Wildman–Crippen MR) is 89.8 cm³/mol. The average molecular weight is 303 g/mol. The average Bonchev–Trinajstić information content (AvgIpc) is 2.84. The molecule has 4 heteroatoms. The van der Waals surface area contributed by atoms with Gasteiger partial charge in [-0.05, 0) is 24.0 Å². The summed E-state index contributed by atoms with van der Waals surface area (Å²) < 4.78 is 5.43. The van der Waals surface area contributed by atoms with Gasteiger partial charge in [-0.15, -0.1) is 0 Å². The number of nitrogens with zero attached hydrogens (tertiary/aromatic N) is 2. The van der Waals surface area contributed by atoms with Gasteiger partial charge in [-0.2, -0.15) is 0 Å². The topological polar surface area (TPSA) is 41.7 Å². The summed E-state index contributed by atoms with van der Waals surface area (Å²) in [6.45, 7) is 12.5. The molecule has 0 amide bonds. The van der Waals surface area contributed by atoms with Crippen molar-refractivity contribution in [2.75, 3.05) is 45.9 Å². The Balaban J connectivity index is 1.60. The first-order valence-corrected chi connectivity index (χ1v) is 8.51. The molecule has 2 heterocycles. The van der Waals surface area contributed by atoms with Crippen molar-refractivity contribution in [3.63, 3.8) is 0 Å². The Morgan fingerprint density at radius 3 is 2.77 bits per heavy atom. The van der Waals surface area contributed by atoms with Crippen LogP contribution < -0.4 is 5.73 Å². The SMILES string of the molecule is Cc1ccc2c(c1)C(CN)N(CC(C)CN1CCOCC1)C2. The van der Waals surface area contributed by atoms with E-state index in [9.17, 15) is 0 Å². The second-order valence-corrected chi connectivity index (χ2v) is 6.90. The van der Waals surface area contributed by atoms with Crippen LogP contribution in [0.4, 0.5) is 0 Å². The zero-order valence-corrected chi connectivity index (χ0v) is 13.9. The van der Waals surface area contributed by atoms with Gasteiger partial charge in [0, 0.05) is 45.3 Å². The van der Waals surface area contributed by atoms with Gasteiger partial charge in [0.1, 0.15) is 0 Å². The first-order chi connectivity index (χ1) is 10.7. The molecule has 1 saturated heterocycles. The summed E-state index contributed by atoms with van der Waals surface area (Å²) in [6.07, 6.45) is 0. The van der Waals surface area contributed by atoms with E-state index in [0.29, 0.717) is 18.5 Å². The van der Waals surface area contributed by atoms with Gasteiger partial charge in [0.2, 0.25) is 0 Å². The molecule has 1 aromatic rings. The standard InChI is InChI=1S/C18H29N3O/c1-14-3-4-16-13-21(18(10-19)17(16)9-14)12-15(2)11-20-5-7-22-8-6-20/h3-4,9,15,18H,5-8,10-13,19H2,1-2H3. The van der Waals surface area contributed by atoms with Crippen LogP contribution in [0, 0.1) is 12.8 Å². The van der Waals surface area contributed by atoms with Crippen LogP contribution in [-0.2, 0) is 11.3 Å². The number of fused-ring (bicyclic) bond motifs is 1. The highest BCUT2D eigenvalue weighted by Crippen LogP contribution is 2.34. The molecular formula is C18H29N3O. The Kier molecular flexibility index (Phi) is 5.14. The minimum absolute atomic E-state index is 0.391. The van der Waals surface area contributed by atoms with E-state index in [1.54, 1.807) is 0 Å². The highest BCUT2D eigenvalue weighted by Gasteiger charge is 2.30. The van der Waals surface area contributed by atoms with E-state index in [-0.39, 0.29) is 0 Å². The van der Waals surface area contributed by atoms with Crippen LogP contribution in [-0.4, -0.2) is 55.7 Å². The van der Waals surface area contributed by atoms with E-state index in [0.717, 1.165) is 45.9 Å². The Morgan fingerprint density at radius 2 is 2.05 bits per heavy atom. The van der Waals surface area contributed by atoms with Gasteiger partial charge >= 0.3 is 0 Å². The van der Waals surface area contributed by atoms with Gasteiger partial charge in [-0.1, -0.05) is 30.7 Å². The zero-order chi connectivity index (χ0) is 15.5. The van der Waals surface area contributed by atoms with Crippen molar-refractivity contribution in [2.24, 2.45) is 11.7 Å². The summed E-state index contributed by atoms with van der Waals surface area (Å²) >= 11 is 0. The third kappa shape index (κ3) is 3.51. The highest BCUT2D eigenvalue weighted by molar-refractivity contribution is 5.37. The van der Waals surface area contributed by atoms with Gasteiger partial charge < -0.3 is 10.5 Å². The highest BCUT2D eigenvalue weighted by atomic mass is 16.5. The van der Waals surface area contributed by atoms with Crippen molar-refractivity contribution in [3.05, 3.63) is 34.9 Å². The van der Waals surface area contributed by atoms with E-state index in [4.69, 9.17) is 10.5 Å². The number of ether oxygens (including phenoxy) is 1. The van der Waals surface area contributed by atoms with E-state index in [2.05, 4.69) is 41.8 Å². The van der Waals surface area contributed by atoms with Crippen molar-refractivity contribution in [3.8, 4) is 0 Å². The summed E-state index contributed by atoms with van der Waals surface area (Å²) in [5.74, 6) is 0.655. The van der Waals surface area contributed by atoms with Gasteiger partial charge in [0.05, 0.1) is 13.2 Å². The van der Waals surface area contributed by atoms with Gasteiger partial charge in [-0.3, -0.25) is 9.80 Å². The molecule has 2 aliphatic rings. The zero-order valence-electron chi connectivity index (χ0n) is 13.9. The lowest BCUT2D eigenvalue weighted by Gasteiger charge is -2.32. The molecule has 0 aliphatic carbocycles. The van der Waals surface area contributed by atoms with Crippen molar-refractivity contribution in [2.45, 2.75) is 26.4 Å². The third-order valence-electron chi connectivity index (χ3n) is 4.92. The van der Waals surface area contributed by atoms with E-state index >= 15 is 0 Å². The maximum absolute atomic E-state index is 6.08. The maximum Gasteiger partial charge on any atom is 0.0594 e. The molecule has 0 aromatic heterocycles. The van der Waals surface area contributed by atoms with Crippen molar-refractivity contribution in [1.82, 2.24) is 9.80 Å². The fraction of sp³-hybridized carbons (Fsp3) is 0.667. The van der Waals surface area contributed by atoms with Gasteiger partial charge in [0.15, 0.2) is 0 Å². The monoisotopic (exact) mass is 303 g/mol. The van der Waals surface area contributed by atoms with Crippen LogP contribution >= 0.6 is 0 Å². The number of hydrogen-bond donors (Lipinski definition) is 1. The van der Waals surface area contributed by atoms with Crippen LogP contribution in [0.3, 0.4) is 0 Å². The number of benzene rings is 1. The van der Waals surface area contributed by atoms with Gasteiger partial charge in [-0.25, -0.2) is 0 Å². The quantitative estimate of drug-likeness (QED) is 0.900. The molecule has 122 valence electrons. The van der Waals surface area contributed by atoms with E-state index in [1.807, 2.05) is 0 Å². The third-order valence-corrected chi connectivity index (χ3v) is 4.92.